The molecule has 1 atom stereocenters. The molecular weight excluding hydrogens is 795 g/mol. The van der Waals surface area contributed by atoms with E-state index in [9.17, 15) is 19.2 Å². The molecule has 0 spiro atoms. The third kappa shape index (κ3) is 8.59. The number of nitrogens with zero attached hydrogens (tertiary/aromatic N) is 6. The predicted octanol–water partition coefficient (Wildman–Crippen LogP) is 4.54. The number of morpholine rings is 1. The first-order valence-electron chi connectivity index (χ1n) is 19.1. The largest absolute Gasteiger partial charge is 0.494 e. The summed E-state index contributed by atoms with van der Waals surface area (Å²) < 4.78 is 15.1. The van der Waals surface area contributed by atoms with Gasteiger partial charge >= 0.3 is 0 Å². The van der Waals surface area contributed by atoms with Gasteiger partial charge in [0, 0.05) is 36.8 Å². The Hall–Kier alpha value is -6.02. The van der Waals surface area contributed by atoms with Gasteiger partial charge in [-0.05, 0) is 62.9 Å². The molecule has 59 heavy (non-hydrogen) atoms. The highest BCUT2D eigenvalue weighted by atomic mass is 32.1. The summed E-state index contributed by atoms with van der Waals surface area (Å²) in [6.07, 6.45) is 5.46. The average molecular weight is 840 g/mol. The second-order valence-corrected chi connectivity index (χ2v) is 16.3. The second kappa shape index (κ2) is 17.5. The predicted molar refractivity (Wildman–Crippen MR) is 227 cm³/mol. The Kier molecular flexibility index (Phi) is 12.2. The maximum Gasteiger partial charge on any atom is 0.269 e. The van der Waals surface area contributed by atoms with Crippen LogP contribution in [0.4, 0.5) is 11.9 Å². The van der Waals surface area contributed by atoms with Crippen LogP contribution in [-0.2, 0) is 37.1 Å². The van der Waals surface area contributed by atoms with Crippen LogP contribution < -0.4 is 32.2 Å². The van der Waals surface area contributed by atoms with Crippen molar-refractivity contribution in [1.29, 1.82) is 0 Å². The number of amides is 4. The van der Waals surface area contributed by atoms with Gasteiger partial charge in [0.25, 0.3) is 11.8 Å². The number of methoxy groups -OCH3 is 1. The third-order valence-electron chi connectivity index (χ3n) is 9.87. The second-order valence-electron chi connectivity index (χ2n) is 13.9. The maximum atomic E-state index is 13.8. The number of imidazole rings is 2. The summed E-state index contributed by atoms with van der Waals surface area (Å²) in [5.74, 6) is -1.13. The minimum atomic E-state index is -0.654. The highest BCUT2D eigenvalue weighted by Gasteiger charge is 2.25. The van der Waals surface area contributed by atoms with Crippen LogP contribution in [0.3, 0.4) is 0 Å². The molecule has 1 saturated heterocycles. The van der Waals surface area contributed by atoms with Crippen LogP contribution in [-0.4, -0.2) is 85.6 Å². The van der Waals surface area contributed by atoms with E-state index in [4.69, 9.17) is 30.9 Å². The maximum absolute atomic E-state index is 13.8. The first-order valence-corrected chi connectivity index (χ1v) is 20.7. The normalized spacial score (nSPS) is 14.4. The summed E-state index contributed by atoms with van der Waals surface area (Å²) in [6.45, 7) is 9.80. The monoisotopic (exact) mass is 839 g/mol. The van der Waals surface area contributed by atoms with Crippen molar-refractivity contribution in [2.45, 2.75) is 66.1 Å². The van der Waals surface area contributed by atoms with Crippen LogP contribution in [0, 0.1) is 13.8 Å². The Balaban J connectivity index is 1.29. The van der Waals surface area contributed by atoms with E-state index in [1.807, 2.05) is 44.4 Å². The molecule has 17 nitrogen and oxygen atoms in total. The first kappa shape index (κ1) is 41.2. The van der Waals surface area contributed by atoms with Crippen molar-refractivity contribution in [3.05, 3.63) is 84.3 Å². The SMILES string of the molecule is CCc1nc(C)sc1C(=O)Nc1nc2cc(C(N)=O)cc(CC3COCCN3)c2n1C/C=C/Cn1c(NC(=O)c2sc(C)nc2CC)nc2cc(C(N)=O)cc(OC)c21. The van der Waals surface area contributed by atoms with Gasteiger partial charge in [-0.3, -0.25) is 29.8 Å². The number of carbonyl (C=O) groups is 4. The number of rotatable bonds is 15. The number of allylic oxidation sites excluding steroid dienone is 2. The van der Waals surface area contributed by atoms with E-state index in [2.05, 4.69) is 25.9 Å². The summed E-state index contributed by atoms with van der Waals surface area (Å²) in [4.78, 5) is 71.8. The van der Waals surface area contributed by atoms with E-state index in [-0.39, 0.29) is 48.4 Å². The summed E-state index contributed by atoms with van der Waals surface area (Å²) in [5, 5.41) is 11.0. The van der Waals surface area contributed by atoms with Crippen LogP contribution in [0.5, 0.6) is 5.75 Å². The van der Waals surface area contributed by atoms with Gasteiger partial charge in [-0.2, -0.15) is 0 Å². The summed E-state index contributed by atoms with van der Waals surface area (Å²) >= 11 is 2.61. The van der Waals surface area contributed by atoms with Gasteiger partial charge in [-0.25, -0.2) is 19.9 Å². The van der Waals surface area contributed by atoms with Crippen LogP contribution in [0.2, 0.25) is 0 Å². The number of nitrogens with one attached hydrogen (secondary N) is 3. The fraction of sp³-hybridized carbons (Fsp3) is 0.350. The highest BCUT2D eigenvalue weighted by molar-refractivity contribution is 7.14. The Morgan fingerprint density at radius 1 is 0.831 bits per heavy atom. The molecule has 4 amide bonds. The van der Waals surface area contributed by atoms with Gasteiger partial charge in [0.2, 0.25) is 23.7 Å². The van der Waals surface area contributed by atoms with Crippen molar-refractivity contribution < 1.29 is 28.7 Å². The fourth-order valence-electron chi connectivity index (χ4n) is 7.19. The molecule has 6 aromatic rings. The summed E-state index contributed by atoms with van der Waals surface area (Å²) in [5.41, 5.74) is 16.2. The molecule has 1 aliphatic heterocycles. The number of anilines is 2. The van der Waals surface area contributed by atoms with Crippen LogP contribution in [0.25, 0.3) is 22.1 Å². The van der Waals surface area contributed by atoms with Crippen molar-refractivity contribution >= 4 is 80.3 Å². The average Bonchev–Trinajstić information content (AvgIpc) is 3.98. The van der Waals surface area contributed by atoms with Crippen molar-refractivity contribution in [1.82, 2.24) is 34.4 Å². The lowest BCUT2D eigenvalue weighted by Crippen LogP contribution is -2.42. The number of aromatic nitrogens is 6. The van der Waals surface area contributed by atoms with E-state index in [1.165, 1.54) is 35.8 Å². The van der Waals surface area contributed by atoms with Gasteiger partial charge in [-0.1, -0.05) is 26.0 Å². The van der Waals surface area contributed by atoms with E-state index >= 15 is 0 Å². The molecule has 7 N–H and O–H groups in total. The number of ether oxygens (including phenoxy) is 2. The van der Waals surface area contributed by atoms with Gasteiger partial charge in [0.15, 0.2) is 0 Å². The van der Waals surface area contributed by atoms with Crippen molar-refractivity contribution in [3.63, 3.8) is 0 Å². The standard InChI is InChI=1S/C40H45N11O6S2/c1-6-26-33(58-20(3)44-26)37(54)48-39-46-28-16-23(35(41)52)14-22(15-25-19-57-13-10-43-25)31(28)50(39)11-8-9-12-51-32-29(17-24(36(42)53)18-30(32)56-5)47-40(51)49-38(55)34-27(7-2)45-21(4)59-34/h8-9,14,16-18,25,43H,6-7,10-13,15,19H2,1-5H3,(H2,41,52)(H2,42,53)(H,46,48,54)(H,47,49,55)/b9-8+. The topological polar surface area (TPSA) is 236 Å². The molecule has 5 heterocycles. The van der Waals surface area contributed by atoms with Gasteiger partial charge in [0.05, 0.1) is 58.3 Å². The lowest BCUT2D eigenvalue weighted by Gasteiger charge is -2.24. The molecule has 0 saturated carbocycles. The lowest BCUT2D eigenvalue weighted by molar-refractivity contribution is 0.0771. The van der Waals surface area contributed by atoms with Gasteiger partial charge < -0.3 is 35.4 Å². The van der Waals surface area contributed by atoms with E-state index < -0.39 is 11.8 Å². The summed E-state index contributed by atoms with van der Waals surface area (Å²) in [7, 11) is 1.48. The number of benzene rings is 2. The Bertz CT molecular complexity index is 2630. The fourth-order valence-corrected chi connectivity index (χ4v) is 9.00. The van der Waals surface area contributed by atoms with Crippen molar-refractivity contribution in [2.75, 3.05) is 37.5 Å². The van der Waals surface area contributed by atoms with E-state index in [0.717, 1.165) is 15.6 Å². The molecule has 0 bridgehead atoms. The number of nitrogens with two attached hydrogens (primary N) is 2. The number of hydrogen-bond donors (Lipinski definition) is 5. The molecule has 0 radical (unpaired) electrons. The van der Waals surface area contributed by atoms with Gasteiger partial charge in [-0.15, -0.1) is 22.7 Å². The van der Waals surface area contributed by atoms with E-state index in [1.54, 1.807) is 22.8 Å². The third-order valence-corrected chi connectivity index (χ3v) is 11.9. The molecule has 1 aliphatic rings. The molecule has 7 rings (SSSR count). The van der Waals surface area contributed by atoms with Crippen molar-refractivity contribution in [3.8, 4) is 5.75 Å². The quantitative estimate of drug-likeness (QED) is 0.0901. The molecule has 19 heteroatoms. The molecule has 2 aromatic carbocycles. The zero-order chi connectivity index (χ0) is 42.0. The zero-order valence-corrected chi connectivity index (χ0v) is 34.9. The highest BCUT2D eigenvalue weighted by Crippen LogP contribution is 2.32. The number of hydrogen-bond acceptors (Lipinski definition) is 13. The smallest absolute Gasteiger partial charge is 0.269 e. The van der Waals surface area contributed by atoms with Crippen molar-refractivity contribution in [2.24, 2.45) is 11.5 Å². The summed E-state index contributed by atoms with van der Waals surface area (Å²) in [6, 6.07) is 6.46. The number of primary amides is 2. The van der Waals surface area contributed by atoms with Gasteiger partial charge in [0.1, 0.15) is 21.0 Å². The molecular formula is C40H45N11O6S2. The number of carbonyl (C=O) groups excluding carboxylic acids is 4. The minimum absolute atomic E-state index is 0.0326. The molecule has 308 valence electrons. The molecule has 4 aromatic heterocycles. The Labute approximate surface area is 347 Å². The zero-order valence-electron chi connectivity index (χ0n) is 33.3. The van der Waals surface area contributed by atoms with Crippen LogP contribution in [0.15, 0.2) is 36.4 Å². The molecule has 1 fully saturated rings. The Morgan fingerprint density at radius 2 is 1.36 bits per heavy atom. The van der Waals surface area contributed by atoms with E-state index in [0.29, 0.717) is 93.5 Å². The first-order chi connectivity index (χ1) is 28.4. The number of fused-ring (bicyclic) bond motifs is 2. The minimum Gasteiger partial charge on any atom is -0.494 e. The molecule has 1 unspecified atom stereocenters. The molecule has 0 aliphatic carbocycles. The number of thiazole rings is 2. The number of aryl methyl sites for hydroxylation is 4. The lowest BCUT2D eigenvalue weighted by atomic mass is 10.0. The van der Waals surface area contributed by atoms with Crippen LogP contribution >= 0.6 is 22.7 Å². The van der Waals surface area contributed by atoms with Crippen LogP contribution in [0.1, 0.15) is 80.9 Å². The Morgan fingerprint density at radius 3 is 1.85 bits per heavy atom.